The highest BCUT2D eigenvalue weighted by Gasteiger charge is 2.23. The molecule has 0 unspecified atom stereocenters. The summed E-state index contributed by atoms with van der Waals surface area (Å²) in [6.45, 7) is -0.390. The maximum absolute atomic E-state index is 12.7. The molecule has 0 bridgehead atoms. The van der Waals surface area contributed by atoms with Crippen molar-refractivity contribution < 1.29 is 14.7 Å². The first-order chi connectivity index (χ1) is 17.6. The van der Waals surface area contributed by atoms with Crippen LogP contribution in [0, 0.1) is 0 Å². The van der Waals surface area contributed by atoms with E-state index in [9.17, 15) is 14.7 Å². The number of carbonyl (C=O) groups is 2. The Kier molecular flexibility index (Phi) is 7.66. The molecule has 1 aliphatic rings. The van der Waals surface area contributed by atoms with Gasteiger partial charge in [0.25, 0.3) is 0 Å². The number of hydrogen-bond donors (Lipinski definition) is 3. The summed E-state index contributed by atoms with van der Waals surface area (Å²) >= 11 is 0. The summed E-state index contributed by atoms with van der Waals surface area (Å²) < 4.78 is 0. The van der Waals surface area contributed by atoms with E-state index in [-0.39, 0.29) is 24.5 Å². The predicted molar refractivity (Wildman–Crippen MR) is 146 cm³/mol. The molecule has 3 N–H and O–H groups in total. The quantitative estimate of drug-likeness (QED) is 0.284. The van der Waals surface area contributed by atoms with Crippen molar-refractivity contribution in [2.45, 2.75) is 76.3 Å². The Balaban J connectivity index is 1.19. The average molecular weight is 485 g/mol. The smallest absolute Gasteiger partial charge is 0.245 e. The molecule has 4 aromatic carbocycles. The van der Waals surface area contributed by atoms with Gasteiger partial charge in [-0.25, -0.2) is 0 Å². The molecule has 0 radical (unpaired) electrons. The predicted octanol–water partition coefficient (Wildman–Crippen LogP) is 5.61. The van der Waals surface area contributed by atoms with Gasteiger partial charge in [0.2, 0.25) is 11.8 Å². The van der Waals surface area contributed by atoms with Gasteiger partial charge >= 0.3 is 0 Å². The molecule has 5 heteroatoms. The fraction of sp³-hybridized carbons (Fsp3) is 0.419. The maximum Gasteiger partial charge on any atom is 0.245 e. The largest absolute Gasteiger partial charge is 0.394 e. The molecular weight excluding hydrogens is 448 g/mol. The Morgan fingerprint density at radius 1 is 0.833 bits per heavy atom. The number of aliphatic hydroxyl groups is 1. The number of carbonyl (C=O) groups excluding carboxylic acids is 2. The molecule has 1 fully saturated rings. The van der Waals surface area contributed by atoms with E-state index in [0.29, 0.717) is 12.8 Å². The van der Waals surface area contributed by atoms with E-state index in [1.54, 1.807) is 0 Å². The van der Waals surface area contributed by atoms with E-state index in [0.717, 1.165) is 32.1 Å². The molecule has 4 aromatic rings. The Morgan fingerprint density at radius 3 is 2.19 bits per heavy atom. The van der Waals surface area contributed by atoms with Crippen LogP contribution in [0.1, 0.15) is 63.4 Å². The van der Waals surface area contributed by atoms with Gasteiger partial charge in [0.15, 0.2) is 0 Å². The van der Waals surface area contributed by atoms with Crippen molar-refractivity contribution in [3.8, 4) is 0 Å². The van der Waals surface area contributed by atoms with E-state index < -0.39 is 6.04 Å². The van der Waals surface area contributed by atoms with Crippen LogP contribution in [-0.2, 0) is 16.0 Å². The van der Waals surface area contributed by atoms with Gasteiger partial charge in [-0.2, -0.15) is 0 Å². The number of nitrogens with one attached hydrogen (secondary N) is 2. The Morgan fingerprint density at radius 2 is 1.47 bits per heavy atom. The van der Waals surface area contributed by atoms with Crippen LogP contribution in [0.2, 0.25) is 0 Å². The molecule has 0 aromatic heterocycles. The van der Waals surface area contributed by atoms with Crippen molar-refractivity contribution in [1.82, 2.24) is 10.6 Å². The molecule has 2 amide bonds. The second kappa shape index (κ2) is 11.3. The van der Waals surface area contributed by atoms with E-state index >= 15 is 0 Å². The van der Waals surface area contributed by atoms with Crippen LogP contribution in [0.25, 0.3) is 32.3 Å². The number of aryl methyl sites for hydroxylation is 1. The Bertz CT molecular complexity index is 1320. The van der Waals surface area contributed by atoms with Crippen molar-refractivity contribution >= 4 is 44.1 Å². The van der Waals surface area contributed by atoms with Gasteiger partial charge in [-0.05, 0) is 63.6 Å². The summed E-state index contributed by atoms with van der Waals surface area (Å²) in [6.07, 6.45) is 9.62. The monoisotopic (exact) mass is 484 g/mol. The molecule has 188 valence electrons. The zero-order chi connectivity index (χ0) is 24.9. The summed E-state index contributed by atoms with van der Waals surface area (Å²) in [7, 11) is 0. The molecule has 1 atom stereocenters. The fourth-order valence-corrected chi connectivity index (χ4v) is 5.82. The lowest BCUT2D eigenvalue weighted by atomic mass is 9.90. The van der Waals surface area contributed by atoms with Crippen molar-refractivity contribution in [3.63, 3.8) is 0 Å². The summed E-state index contributed by atoms with van der Waals surface area (Å²) in [5, 5.41) is 23.1. The third kappa shape index (κ3) is 5.31. The summed E-state index contributed by atoms with van der Waals surface area (Å²) in [6, 6.07) is 18.7. The highest BCUT2D eigenvalue weighted by molar-refractivity contribution is 6.23. The van der Waals surface area contributed by atoms with E-state index in [2.05, 4.69) is 65.2 Å². The minimum absolute atomic E-state index is 0.137. The van der Waals surface area contributed by atoms with Gasteiger partial charge in [-0.3, -0.25) is 9.59 Å². The minimum Gasteiger partial charge on any atom is -0.394 e. The lowest BCUT2D eigenvalue weighted by Gasteiger charge is -2.24. The molecule has 0 spiro atoms. The van der Waals surface area contributed by atoms with E-state index in [1.165, 1.54) is 57.1 Å². The van der Waals surface area contributed by atoms with E-state index in [1.807, 2.05) is 0 Å². The lowest BCUT2D eigenvalue weighted by Crippen LogP contribution is -2.51. The molecule has 5 nitrogen and oxygen atoms in total. The maximum atomic E-state index is 12.7. The van der Waals surface area contributed by atoms with Crippen molar-refractivity contribution in [1.29, 1.82) is 0 Å². The van der Waals surface area contributed by atoms with Crippen LogP contribution < -0.4 is 10.6 Å². The second-order valence-corrected chi connectivity index (χ2v) is 10.3. The first-order valence-electron chi connectivity index (χ1n) is 13.5. The van der Waals surface area contributed by atoms with Crippen LogP contribution in [0.15, 0.2) is 54.6 Å². The molecule has 0 aliphatic heterocycles. The Hall–Kier alpha value is -3.18. The van der Waals surface area contributed by atoms with Gasteiger partial charge in [0, 0.05) is 12.5 Å². The topological polar surface area (TPSA) is 78.4 Å². The van der Waals surface area contributed by atoms with Crippen LogP contribution in [0.5, 0.6) is 0 Å². The Labute approximate surface area is 212 Å². The highest BCUT2D eigenvalue weighted by Crippen LogP contribution is 2.36. The lowest BCUT2D eigenvalue weighted by molar-refractivity contribution is -0.130. The number of benzene rings is 4. The van der Waals surface area contributed by atoms with Crippen LogP contribution in [0.4, 0.5) is 0 Å². The van der Waals surface area contributed by atoms with Crippen molar-refractivity contribution in [3.05, 3.63) is 60.2 Å². The minimum atomic E-state index is -0.891. The number of rotatable bonds is 8. The summed E-state index contributed by atoms with van der Waals surface area (Å²) in [5.41, 5.74) is 1.23. The summed E-state index contributed by atoms with van der Waals surface area (Å²) in [4.78, 5) is 25.3. The van der Waals surface area contributed by atoms with Gasteiger partial charge in [-0.1, -0.05) is 86.7 Å². The zero-order valence-electron chi connectivity index (χ0n) is 20.9. The number of hydrogen-bond acceptors (Lipinski definition) is 3. The van der Waals surface area contributed by atoms with Gasteiger partial charge in [0.1, 0.15) is 6.04 Å². The molecule has 5 rings (SSSR count). The molecule has 0 saturated heterocycles. The third-order valence-corrected chi connectivity index (χ3v) is 7.75. The van der Waals surface area contributed by atoms with Crippen LogP contribution in [-0.4, -0.2) is 35.6 Å². The van der Waals surface area contributed by atoms with Crippen molar-refractivity contribution in [2.75, 3.05) is 6.61 Å². The average Bonchev–Trinajstić information content (AvgIpc) is 2.88. The molecule has 1 saturated carbocycles. The normalized spacial score (nSPS) is 16.1. The molecular formula is C31H36N2O3. The van der Waals surface area contributed by atoms with Crippen molar-refractivity contribution in [2.24, 2.45) is 0 Å². The zero-order valence-corrected chi connectivity index (χ0v) is 20.9. The SMILES string of the molecule is O=C(CCCc1ccc2ccc3cccc4ccc1c2c34)N[C@@H](CO)C(=O)NC1CCCCCCC1. The molecule has 36 heavy (non-hydrogen) atoms. The fourth-order valence-electron chi connectivity index (χ4n) is 5.82. The standard InChI is InChI=1S/C31H36N2O3/c34-20-27(31(36)32-25-11-4-2-1-3-5-12-25)33-28(35)13-7-8-21-14-15-24-17-16-22-9-6-10-23-18-19-26(21)30(24)29(22)23/h6,9-10,14-19,25,27,34H,1-5,7-8,11-13,20H2,(H,32,36)(H,33,35)/t27-/m0/s1. The van der Waals surface area contributed by atoms with Gasteiger partial charge in [0.05, 0.1) is 6.61 Å². The summed E-state index contributed by atoms with van der Waals surface area (Å²) in [5.74, 6) is -0.470. The van der Waals surface area contributed by atoms with Gasteiger partial charge < -0.3 is 15.7 Å². The van der Waals surface area contributed by atoms with Crippen LogP contribution >= 0.6 is 0 Å². The number of amides is 2. The first-order valence-corrected chi connectivity index (χ1v) is 13.5. The van der Waals surface area contributed by atoms with E-state index in [4.69, 9.17) is 0 Å². The first kappa shape index (κ1) is 24.5. The highest BCUT2D eigenvalue weighted by atomic mass is 16.3. The van der Waals surface area contributed by atoms with Crippen LogP contribution in [0.3, 0.4) is 0 Å². The van der Waals surface area contributed by atoms with Gasteiger partial charge in [-0.15, -0.1) is 0 Å². The molecule has 1 aliphatic carbocycles. The molecule has 0 heterocycles. The second-order valence-electron chi connectivity index (χ2n) is 10.3. The number of aliphatic hydroxyl groups excluding tert-OH is 1. The third-order valence-electron chi connectivity index (χ3n) is 7.75.